The number of carbonyl (C=O) groups is 1. The topological polar surface area (TPSA) is 56.1 Å². The van der Waals surface area contributed by atoms with Crippen molar-refractivity contribution in [3.05, 3.63) is 64.6 Å². The summed E-state index contributed by atoms with van der Waals surface area (Å²) in [5, 5.41) is 10.7. The first kappa shape index (κ1) is 17.7. The normalized spacial score (nSPS) is 18.9. The first-order chi connectivity index (χ1) is 13.1. The highest BCUT2D eigenvalue weighted by molar-refractivity contribution is 8.18. The number of anilines is 1. The van der Waals surface area contributed by atoms with Crippen LogP contribution < -0.4 is 4.90 Å². The number of hydrogen-bond donors (Lipinski definition) is 1. The zero-order valence-electron chi connectivity index (χ0n) is 15.1. The van der Waals surface area contributed by atoms with Crippen LogP contribution in [0.25, 0.3) is 6.08 Å². The number of rotatable bonds is 2. The van der Waals surface area contributed by atoms with Crippen LogP contribution in [-0.2, 0) is 4.79 Å². The Hall–Kier alpha value is -2.73. The van der Waals surface area contributed by atoms with Crippen LogP contribution in [0.2, 0.25) is 0 Å². The standard InChI is InChI=1S/C21H21N3O2S/c1-15-6-8-17(9-7-15)23-10-12-24(13-11-23)21-22-20(26)19(27-21)14-16-4-2-3-5-18(16)25/h2-9,14,25H,10-13H2,1H3. The van der Waals surface area contributed by atoms with E-state index in [2.05, 4.69) is 46.0 Å². The molecule has 4 rings (SSSR count). The second kappa shape index (κ2) is 7.48. The maximum atomic E-state index is 12.3. The van der Waals surface area contributed by atoms with E-state index < -0.39 is 0 Å². The van der Waals surface area contributed by atoms with Crippen LogP contribution in [0.1, 0.15) is 11.1 Å². The van der Waals surface area contributed by atoms with Crippen molar-refractivity contribution < 1.29 is 9.90 Å². The van der Waals surface area contributed by atoms with Gasteiger partial charge in [-0.25, -0.2) is 0 Å². The van der Waals surface area contributed by atoms with E-state index >= 15 is 0 Å². The zero-order chi connectivity index (χ0) is 18.8. The summed E-state index contributed by atoms with van der Waals surface area (Å²) in [7, 11) is 0. The SMILES string of the molecule is Cc1ccc(N2CCN(C3=NC(=O)C(=Cc4ccccc4O)S3)CC2)cc1. The molecule has 0 spiro atoms. The van der Waals surface area contributed by atoms with Crippen LogP contribution in [0.15, 0.2) is 58.4 Å². The number of para-hydroxylation sites is 1. The number of thioether (sulfide) groups is 1. The fourth-order valence-corrected chi connectivity index (χ4v) is 4.15. The number of benzene rings is 2. The van der Waals surface area contributed by atoms with Crippen molar-refractivity contribution in [1.82, 2.24) is 4.90 Å². The number of carbonyl (C=O) groups excluding carboxylic acids is 1. The second-order valence-electron chi connectivity index (χ2n) is 6.68. The summed E-state index contributed by atoms with van der Waals surface area (Å²) in [6.07, 6.45) is 1.71. The van der Waals surface area contributed by atoms with Gasteiger partial charge in [0, 0.05) is 37.4 Å². The third-order valence-electron chi connectivity index (χ3n) is 4.78. The maximum Gasteiger partial charge on any atom is 0.286 e. The molecule has 1 saturated heterocycles. The summed E-state index contributed by atoms with van der Waals surface area (Å²) in [6, 6.07) is 15.6. The van der Waals surface area contributed by atoms with E-state index in [0.29, 0.717) is 10.5 Å². The molecule has 2 heterocycles. The molecule has 2 aliphatic rings. The quantitative estimate of drug-likeness (QED) is 0.810. The minimum Gasteiger partial charge on any atom is -0.507 e. The third-order valence-corrected chi connectivity index (χ3v) is 5.83. The number of aromatic hydroxyl groups is 1. The van der Waals surface area contributed by atoms with E-state index in [-0.39, 0.29) is 11.7 Å². The third kappa shape index (κ3) is 3.85. The van der Waals surface area contributed by atoms with Gasteiger partial charge in [-0.2, -0.15) is 4.99 Å². The number of piperazine rings is 1. The maximum absolute atomic E-state index is 12.3. The predicted octanol–water partition coefficient (Wildman–Crippen LogP) is 3.49. The number of amidine groups is 1. The van der Waals surface area contributed by atoms with Crippen molar-refractivity contribution in [2.45, 2.75) is 6.92 Å². The average Bonchev–Trinajstić information content (AvgIpc) is 3.05. The fraction of sp³-hybridized carbons (Fsp3) is 0.238. The summed E-state index contributed by atoms with van der Waals surface area (Å²) in [6.45, 7) is 5.55. The Morgan fingerprint density at radius 2 is 1.67 bits per heavy atom. The van der Waals surface area contributed by atoms with Crippen molar-refractivity contribution in [2.75, 3.05) is 31.1 Å². The van der Waals surface area contributed by atoms with Crippen molar-refractivity contribution in [1.29, 1.82) is 0 Å². The predicted molar refractivity (Wildman–Crippen MR) is 111 cm³/mol. The number of phenolic OH excluding ortho intramolecular Hbond substituents is 1. The van der Waals surface area contributed by atoms with Gasteiger partial charge in [0.1, 0.15) is 5.75 Å². The van der Waals surface area contributed by atoms with E-state index in [0.717, 1.165) is 31.3 Å². The smallest absolute Gasteiger partial charge is 0.286 e. The summed E-state index contributed by atoms with van der Waals surface area (Å²) in [5.74, 6) is -0.0715. The van der Waals surface area contributed by atoms with E-state index in [1.165, 1.54) is 23.0 Å². The summed E-state index contributed by atoms with van der Waals surface area (Å²) < 4.78 is 0. The van der Waals surface area contributed by atoms with Crippen molar-refractivity contribution in [3.63, 3.8) is 0 Å². The molecule has 2 aliphatic heterocycles. The number of hydrogen-bond acceptors (Lipinski definition) is 5. The molecule has 1 N–H and O–H groups in total. The molecule has 0 unspecified atom stereocenters. The lowest BCUT2D eigenvalue weighted by Gasteiger charge is -2.36. The molecule has 0 aliphatic carbocycles. The van der Waals surface area contributed by atoms with Gasteiger partial charge in [-0.15, -0.1) is 0 Å². The van der Waals surface area contributed by atoms with Crippen molar-refractivity contribution in [2.24, 2.45) is 4.99 Å². The molecule has 0 bridgehead atoms. The van der Waals surface area contributed by atoms with Gasteiger partial charge in [0.25, 0.3) is 5.91 Å². The minimum atomic E-state index is -0.237. The van der Waals surface area contributed by atoms with E-state index in [9.17, 15) is 9.90 Å². The number of aliphatic imine (C=N–C) groups is 1. The number of phenols is 1. The molecular weight excluding hydrogens is 358 g/mol. The Labute approximate surface area is 163 Å². The molecule has 5 nitrogen and oxygen atoms in total. The zero-order valence-corrected chi connectivity index (χ0v) is 15.9. The molecule has 2 aromatic carbocycles. The Bertz CT molecular complexity index is 913. The van der Waals surface area contributed by atoms with Crippen LogP contribution in [0, 0.1) is 6.92 Å². The van der Waals surface area contributed by atoms with Crippen LogP contribution in [0.5, 0.6) is 5.75 Å². The van der Waals surface area contributed by atoms with Gasteiger partial charge in [-0.05, 0) is 43.0 Å². The van der Waals surface area contributed by atoms with E-state index in [1.807, 2.05) is 6.07 Å². The summed E-state index contributed by atoms with van der Waals surface area (Å²) >= 11 is 1.39. The van der Waals surface area contributed by atoms with Gasteiger partial charge in [-0.1, -0.05) is 35.9 Å². The van der Waals surface area contributed by atoms with E-state index in [4.69, 9.17) is 0 Å². The van der Waals surface area contributed by atoms with Gasteiger partial charge >= 0.3 is 0 Å². The molecule has 1 fully saturated rings. The van der Waals surface area contributed by atoms with Crippen LogP contribution in [0.3, 0.4) is 0 Å². The largest absolute Gasteiger partial charge is 0.507 e. The lowest BCUT2D eigenvalue weighted by molar-refractivity contribution is -0.113. The molecule has 0 atom stereocenters. The Morgan fingerprint density at radius 1 is 1.00 bits per heavy atom. The molecule has 2 aromatic rings. The van der Waals surface area contributed by atoms with Gasteiger partial charge in [-0.3, -0.25) is 4.79 Å². The molecule has 1 amide bonds. The highest BCUT2D eigenvalue weighted by Crippen LogP contribution is 2.32. The van der Waals surface area contributed by atoms with Crippen molar-refractivity contribution >= 4 is 34.6 Å². The van der Waals surface area contributed by atoms with Gasteiger partial charge in [0.05, 0.1) is 4.91 Å². The van der Waals surface area contributed by atoms with Crippen molar-refractivity contribution in [3.8, 4) is 5.75 Å². The average molecular weight is 379 g/mol. The molecule has 6 heteroatoms. The second-order valence-corrected chi connectivity index (χ2v) is 7.69. The molecule has 27 heavy (non-hydrogen) atoms. The van der Waals surface area contributed by atoms with Crippen LogP contribution in [0.4, 0.5) is 5.69 Å². The highest BCUT2D eigenvalue weighted by Gasteiger charge is 2.28. The molecular formula is C21H21N3O2S. The fourth-order valence-electron chi connectivity index (χ4n) is 3.20. The van der Waals surface area contributed by atoms with Crippen LogP contribution in [-0.4, -0.2) is 47.3 Å². The number of amides is 1. The Balaban J connectivity index is 1.41. The Morgan fingerprint density at radius 3 is 2.37 bits per heavy atom. The van der Waals surface area contributed by atoms with Crippen LogP contribution >= 0.6 is 11.8 Å². The van der Waals surface area contributed by atoms with E-state index in [1.54, 1.807) is 24.3 Å². The number of nitrogens with zero attached hydrogens (tertiary/aromatic N) is 3. The molecule has 138 valence electrons. The monoisotopic (exact) mass is 379 g/mol. The van der Waals surface area contributed by atoms with Gasteiger partial charge in [0.15, 0.2) is 5.17 Å². The lowest BCUT2D eigenvalue weighted by atomic mass is 10.2. The van der Waals surface area contributed by atoms with Gasteiger partial charge < -0.3 is 14.9 Å². The number of aryl methyl sites for hydroxylation is 1. The van der Waals surface area contributed by atoms with Gasteiger partial charge in [0.2, 0.25) is 0 Å². The molecule has 0 saturated carbocycles. The first-order valence-electron chi connectivity index (χ1n) is 8.97. The summed E-state index contributed by atoms with van der Waals surface area (Å²) in [5.41, 5.74) is 3.13. The first-order valence-corrected chi connectivity index (χ1v) is 9.79. The summed E-state index contributed by atoms with van der Waals surface area (Å²) in [4.78, 5) is 21.6. The highest BCUT2D eigenvalue weighted by atomic mass is 32.2. The molecule has 0 radical (unpaired) electrons. The lowest BCUT2D eigenvalue weighted by Crippen LogP contribution is -2.47. The minimum absolute atomic E-state index is 0.165. The Kier molecular flexibility index (Phi) is 4.90. The molecule has 0 aromatic heterocycles.